The van der Waals surface area contributed by atoms with Gasteiger partial charge in [0, 0.05) is 31.7 Å². The number of fused-ring (bicyclic) bond motifs is 3. The molecule has 0 amide bonds. The molecule has 5 nitrogen and oxygen atoms in total. The molecule has 1 atom stereocenters. The first-order chi connectivity index (χ1) is 10.9. The molecule has 2 fully saturated rings. The van der Waals surface area contributed by atoms with Crippen LogP contribution in [0.25, 0.3) is 0 Å². The van der Waals surface area contributed by atoms with Crippen molar-refractivity contribution in [3.05, 3.63) is 12.3 Å². The van der Waals surface area contributed by atoms with Gasteiger partial charge in [-0.3, -0.25) is 4.90 Å². The zero-order valence-electron chi connectivity index (χ0n) is 13.5. The smallest absolute Gasteiger partial charge is 0.282 e. The monoisotopic (exact) mass is 324 g/mol. The van der Waals surface area contributed by atoms with Crippen molar-refractivity contribution in [1.29, 1.82) is 0 Å². The van der Waals surface area contributed by atoms with Crippen LogP contribution in [0, 0.1) is 0 Å². The molecule has 3 aliphatic rings. The van der Waals surface area contributed by atoms with Gasteiger partial charge in [-0.05, 0) is 13.8 Å². The van der Waals surface area contributed by atoms with Crippen LogP contribution in [0.3, 0.4) is 0 Å². The SMILES string of the molecule is CC(C)N1CCN2c3ncc(N4CC(F)(F)C4)cc3OC[C@H]2C1. The van der Waals surface area contributed by atoms with Gasteiger partial charge in [-0.25, -0.2) is 13.8 Å². The summed E-state index contributed by atoms with van der Waals surface area (Å²) in [4.78, 5) is 10.9. The Bertz CT molecular complexity index is 602. The van der Waals surface area contributed by atoms with Crippen molar-refractivity contribution in [2.24, 2.45) is 0 Å². The second kappa shape index (κ2) is 5.19. The maximum Gasteiger partial charge on any atom is 0.282 e. The van der Waals surface area contributed by atoms with Gasteiger partial charge >= 0.3 is 0 Å². The van der Waals surface area contributed by atoms with Gasteiger partial charge in [-0.15, -0.1) is 0 Å². The largest absolute Gasteiger partial charge is 0.487 e. The summed E-state index contributed by atoms with van der Waals surface area (Å²) in [5.41, 5.74) is 0.717. The van der Waals surface area contributed by atoms with Crippen LogP contribution in [0.4, 0.5) is 20.3 Å². The fraction of sp³-hybridized carbons (Fsp3) is 0.688. The Morgan fingerprint density at radius 3 is 2.78 bits per heavy atom. The summed E-state index contributed by atoms with van der Waals surface area (Å²) in [5, 5.41) is 0. The molecule has 0 saturated carbocycles. The van der Waals surface area contributed by atoms with Crippen molar-refractivity contribution in [1.82, 2.24) is 9.88 Å². The van der Waals surface area contributed by atoms with E-state index in [4.69, 9.17) is 4.74 Å². The molecule has 0 bridgehead atoms. The van der Waals surface area contributed by atoms with Crippen molar-refractivity contribution >= 4 is 11.5 Å². The van der Waals surface area contributed by atoms with E-state index in [1.165, 1.54) is 0 Å². The first-order valence-electron chi connectivity index (χ1n) is 8.19. The van der Waals surface area contributed by atoms with Crippen LogP contribution in [0.15, 0.2) is 12.3 Å². The zero-order chi connectivity index (χ0) is 16.2. The topological polar surface area (TPSA) is 31.8 Å². The van der Waals surface area contributed by atoms with Crippen LogP contribution in [0.5, 0.6) is 5.75 Å². The summed E-state index contributed by atoms with van der Waals surface area (Å²) in [6.07, 6.45) is 1.69. The summed E-state index contributed by atoms with van der Waals surface area (Å²) in [5.74, 6) is -1.01. The quantitative estimate of drug-likeness (QED) is 0.829. The third kappa shape index (κ3) is 2.60. The average molecular weight is 324 g/mol. The van der Waals surface area contributed by atoms with E-state index in [0.717, 1.165) is 25.5 Å². The maximum absolute atomic E-state index is 13.0. The van der Waals surface area contributed by atoms with Gasteiger partial charge in [-0.2, -0.15) is 0 Å². The molecule has 0 spiro atoms. The molecule has 126 valence electrons. The Kier molecular flexibility index (Phi) is 3.37. The van der Waals surface area contributed by atoms with Crippen molar-refractivity contribution < 1.29 is 13.5 Å². The number of hydrogen-bond donors (Lipinski definition) is 0. The third-order valence-corrected chi connectivity index (χ3v) is 4.98. The van der Waals surface area contributed by atoms with Crippen molar-refractivity contribution in [3.8, 4) is 5.75 Å². The molecule has 4 rings (SSSR count). The van der Waals surface area contributed by atoms with Crippen LogP contribution in [-0.2, 0) is 0 Å². The Balaban J connectivity index is 1.52. The molecule has 0 aliphatic carbocycles. The standard InChI is InChI=1S/C16H22F2N4O/c1-11(2)20-3-4-22-13(7-20)8-23-14-5-12(6-19-15(14)22)21-9-16(17,18)10-21/h5-6,11,13H,3-4,7-10H2,1-2H3/t13-/m1/s1. The number of rotatable bonds is 2. The van der Waals surface area contributed by atoms with Gasteiger partial charge in [0.1, 0.15) is 6.61 Å². The number of aromatic nitrogens is 1. The maximum atomic E-state index is 13.0. The summed E-state index contributed by atoms with van der Waals surface area (Å²) in [6, 6.07) is 2.69. The van der Waals surface area contributed by atoms with Gasteiger partial charge in [-0.1, -0.05) is 0 Å². The van der Waals surface area contributed by atoms with Crippen LogP contribution >= 0.6 is 0 Å². The number of alkyl halides is 2. The molecule has 7 heteroatoms. The molecule has 0 aromatic carbocycles. The molecule has 1 aromatic rings. The van der Waals surface area contributed by atoms with Crippen molar-refractivity contribution in [2.75, 3.05) is 49.1 Å². The lowest BCUT2D eigenvalue weighted by Gasteiger charge is -2.46. The van der Waals surface area contributed by atoms with E-state index in [-0.39, 0.29) is 13.1 Å². The Morgan fingerprint density at radius 1 is 1.30 bits per heavy atom. The lowest BCUT2D eigenvalue weighted by Crippen LogP contribution is -2.59. The molecule has 3 aliphatic heterocycles. The Labute approximate surface area is 134 Å². The normalized spacial score (nSPS) is 26.4. The molecule has 0 radical (unpaired) electrons. The van der Waals surface area contributed by atoms with Crippen molar-refractivity contribution in [2.45, 2.75) is 31.9 Å². The number of ether oxygens (including phenoxy) is 1. The highest BCUT2D eigenvalue weighted by Crippen LogP contribution is 2.39. The zero-order valence-corrected chi connectivity index (χ0v) is 13.5. The first kappa shape index (κ1) is 14.9. The minimum absolute atomic E-state index is 0.233. The minimum Gasteiger partial charge on any atom is -0.487 e. The van der Waals surface area contributed by atoms with Crippen LogP contribution < -0.4 is 14.5 Å². The number of piperazine rings is 1. The molecular weight excluding hydrogens is 302 g/mol. The molecular formula is C16H22F2N4O. The number of halogens is 2. The summed E-state index contributed by atoms with van der Waals surface area (Å²) in [6.45, 7) is 7.48. The average Bonchev–Trinajstić information content (AvgIpc) is 2.51. The summed E-state index contributed by atoms with van der Waals surface area (Å²) >= 11 is 0. The highest BCUT2D eigenvalue weighted by molar-refractivity contribution is 5.63. The molecule has 4 heterocycles. The number of hydrogen-bond acceptors (Lipinski definition) is 5. The Hall–Kier alpha value is -1.63. The highest BCUT2D eigenvalue weighted by atomic mass is 19.3. The lowest BCUT2D eigenvalue weighted by molar-refractivity contribution is -0.0263. The van der Waals surface area contributed by atoms with E-state index in [0.29, 0.717) is 30.1 Å². The van der Waals surface area contributed by atoms with E-state index in [1.807, 2.05) is 6.07 Å². The first-order valence-corrected chi connectivity index (χ1v) is 8.19. The van der Waals surface area contributed by atoms with Crippen LogP contribution in [0.2, 0.25) is 0 Å². The fourth-order valence-electron chi connectivity index (χ4n) is 3.57. The van der Waals surface area contributed by atoms with E-state index >= 15 is 0 Å². The molecule has 0 unspecified atom stereocenters. The van der Waals surface area contributed by atoms with Gasteiger partial charge in [0.15, 0.2) is 11.6 Å². The summed E-state index contributed by atoms with van der Waals surface area (Å²) < 4.78 is 31.9. The number of anilines is 2. The molecule has 1 aromatic heterocycles. The predicted molar refractivity (Wildman–Crippen MR) is 84.7 cm³/mol. The second-order valence-corrected chi connectivity index (χ2v) is 6.97. The van der Waals surface area contributed by atoms with Gasteiger partial charge < -0.3 is 14.5 Å². The van der Waals surface area contributed by atoms with Crippen LogP contribution in [-0.4, -0.2) is 67.2 Å². The van der Waals surface area contributed by atoms with Gasteiger partial charge in [0.2, 0.25) is 0 Å². The lowest BCUT2D eigenvalue weighted by atomic mass is 10.1. The molecule has 0 N–H and O–H groups in total. The van der Waals surface area contributed by atoms with Gasteiger partial charge in [0.05, 0.1) is 31.0 Å². The van der Waals surface area contributed by atoms with Crippen molar-refractivity contribution in [3.63, 3.8) is 0 Å². The van der Waals surface area contributed by atoms with E-state index in [2.05, 4.69) is 28.6 Å². The minimum atomic E-state index is -2.57. The van der Waals surface area contributed by atoms with E-state index in [1.54, 1.807) is 11.1 Å². The summed E-state index contributed by atoms with van der Waals surface area (Å²) in [7, 11) is 0. The van der Waals surface area contributed by atoms with Crippen LogP contribution in [0.1, 0.15) is 13.8 Å². The van der Waals surface area contributed by atoms with E-state index < -0.39 is 5.92 Å². The van der Waals surface area contributed by atoms with Gasteiger partial charge in [0.25, 0.3) is 5.92 Å². The molecule has 2 saturated heterocycles. The number of pyridine rings is 1. The highest BCUT2D eigenvalue weighted by Gasteiger charge is 2.44. The molecule has 23 heavy (non-hydrogen) atoms. The second-order valence-electron chi connectivity index (χ2n) is 6.97. The number of nitrogens with zero attached hydrogens (tertiary/aromatic N) is 4. The third-order valence-electron chi connectivity index (χ3n) is 4.98. The van der Waals surface area contributed by atoms with E-state index in [9.17, 15) is 8.78 Å². The fourth-order valence-corrected chi connectivity index (χ4v) is 3.57. The predicted octanol–water partition coefficient (Wildman–Crippen LogP) is 1.83. The Morgan fingerprint density at radius 2 is 2.09 bits per heavy atom.